The van der Waals surface area contributed by atoms with Crippen molar-refractivity contribution in [3.63, 3.8) is 0 Å². The van der Waals surface area contributed by atoms with Crippen LogP contribution in [0.1, 0.15) is 26.2 Å². The summed E-state index contributed by atoms with van der Waals surface area (Å²) in [5, 5.41) is 13.6. The number of rotatable bonds is 8. The largest absolute Gasteiger partial charge is 0.379 e. The van der Waals surface area contributed by atoms with E-state index in [1.807, 2.05) is 12.1 Å². The molecule has 3 rings (SSSR count). The van der Waals surface area contributed by atoms with Gasteiger partial charge in [0.2, 0.25) is 5.13 Å². The Hall–Kier alpha value is -1.53. The zero-order valence-electron chi connectivity index (χ0n) is 12.2. The van der Waals surface area contributed by atoms with Crippen molar-refractivity contribution < 1.29 is 4.74 Å². The van der Waals surface area contributed by atoms with Crippen LogP contribution in [0.3, 0.4) is 0 Å². The first-order valence-corrected chi connectivity index (χ1v) is 8.25. The maximum atomic E-state index is 5.76. The Morgan fingerprint density at radius 2 is 2.33 bits per heavy atom. The highest BCUT2D eigenvalue weighted by atomic mass is 32.1. The van der Waals surface area contributed by atoms with Gasteiger partial charge in [0.15, 0.2) is 5.01 Å². The third kappa shape index (κ3) is 4.22. The maximum Gasteiger partial charge on any atom is 0.206 e. The fraction of sp³-hybridized carbons (Fsp3) is 0.533. The Bertz CT molecular complexity index is 556. The summed E-state index contributed by atoms with van der Waals surface area (Å²) in [5.74, 6) is 0.807. The highest BCUT2D eigenvalue weighted by molar-refractivity contribution is 7.18. The molecule has 1 fully saturated rings. The van der Waals surface area contributed by atoms with E-state index in [0.717, 1.165) is 41.3 Å². The van der Waals surface area contributed by atoms with Gasteiger partial charge in [0.05, 0.1) is 12.6 Å². The number of aromatic nitrogens is 3. The summed E-state index contributed by atoms with van der Waals surface area (Å²) in [6.45, 7) is 3.78. The second-order valence-corrected chi connectivity index (χ2v) is 6.36. The number of hydrogen-bond acceptors (Lipinski definition) is 6. The van der Waals surface area contributed by atoms with E-state index in [1.165, 1.54) is 12.8 Å². The molecule has 0 aromatic carbocycles. The Morgan fingerprint density at radius 3 is 3.05 bits per heavy atom. The molecule has 0 aliphatic heterocycles. The van der Waals surface area contributed by atoms with Crippen molar-refractivity contribution in [3.8, 4) is 10.6 Å². The molecular weight excluding hydrogens is 284 g/mol. The van der Waals surface area contributed by atoms with Crippen LogP contribution in [-0.2, 0) is 4.74 Å². The van der Waals surface area contributed by atoms with Gasteiger partial charge in [0, 0.05) is 24.6 Å². The van der Waals surface area contributed by atoms with Crippen molar-refractivity contribution in [1.29, 1.82) is 0 Å². The van der Waals surface area contributed by atoms with Crippen molar-refractivity contribution in [3.05, 3.63) is 24.5 Å². The van der Waals surface area contributed by atoms with E-state index in [9.17, 15) is 0 Å². The van der Waals surface area contributed by atoms with Gasteiger partial charge < -0.3 is 10.1 Å². The Balaban J connectivity index is 1.54. The van der Waals surface area contributed by atoms with E-state index in [0.29, 0.717) is 6.04 Å². The standard InChI is InChI=1S/C15H20N4OS/c1-2-13(10-20-9-11-5-6-11)17-15-19-18-14(21-15)12-4-3-7-16-8-12/h3-4,7-8,11,13H,2,5-6,9-10H2,1H3,(H,17,19). The molecular formula is C15H20N4OS. The molecule has 1 atom stereocenters. The van der Waals surface area contributed by atoms with Crippen LogP contribution in [0.5, 0.6) is 0 Å². The molecule has 0 saturated heterocycles. The molecule has 5 nitrogen and oxygen atoms in total. The van der Waals surface area contributed by atoms with Gasteiger partial charge in [-0.1, -0.05) is 18.3 Å². The second-order valence-electron chi connectivity index (χ2n) is 5.38. The van der Waals surface area contributed by atoms with E-state index >= 15 is 0 Å². The predicted octanol–water partition coefficient (Wildman–Crippen LogP) is 3.22. The minimum absolute atomic E-state index is 0.290. The summed E-state index contributed by atoms with van der Waals surface area (Å²) in [5.41, 5.74) is 1.00. The van der Waals surface area contributed by atoms with Gasteiger partial charge in [-0.25, -0.2) is 0 Å². The van der Waals surface area contributed by atoms with Gasteiger partial charge in [-0.3, -0.25) is 4.98 Å². The van der Waals surface area contributed by atoms with Gasteiger partial charge in [0.25, 0.3) is 0 Å². The molecule has 1 N–H and O–H groups in total. The van der Waals surface area contributed by atoms with Gasteiger partial charge in [-0.15, -0.1) is 10.2 Å². The number of nitrogens with one attached hydrogen (secondary N) is 1. The lowest BCUT2D eigenvalue weighted by atomic mass is 10.2. The van der Waals surface area contributed by atoms with Gasteiger partial charge in [-0.05, 0) is 37.3 Å². The molecule has 1 aliphatic carbocycles. The van der Waals surface area contributed by atoms with Gasteiger partial charge >= 0.3 is 0 Å². The zero-order chi connectivity index (χ0) is 14.5. The average molecular weight is 304 g/mol. The topological polar surface area (TPSA) is 59.9 Å². The summed E-state index contributed by atoms with van der Waals surface area (Å²) in [4.78, 5) is 4.11. The molecule has 112 valence electrons. The SMILES string of the molecule is CCC(COCC1CC1)Nc1nnc(-c2cccnc2)s1. The van der Waals surface area contributed by atoms with Gasteiger partial charge in [-0.2, -0.15) is 0 Å². The Morgan fingerprint density at radius 1 is 1.43 bits per heavy atom. The van der Waals surface area contributed by atoms with E-state index in [2.05, 4.69) is 27.4 Å². The zero-order valence-corrected chi connectivity index (χ0v) is 13.0. The van der Waals surface area contributed by atoms with Crippen LogP contribution in [0.4, 0.5) is 5.13 Å². The lowest BCUT2D eigenvalue weighted by Gasteiger charge is -2.15. The van der Waals surface area contributed by atoms with E-state index < -0.39 is 0 Å². The number of nitrogens with zero attached hydrogens (tertiary/aromatic N) is 3. The average Bonchev–Trinajstić information content (AvgIpc) is 3.23. The number of hydrogen-bond donors (Lipinski definition) is 1. The first-order valence-electron chi connectivity index (χ1n) is 7.43. The smallest absolute Gasteiger partial charge is 0.206 e. The van der Waals surface area contributed by atoms with Crippen LogP contribution in [-0.4, -0.2) is 34.4 Å². The highest BCUT2D eigenvalue weighted by Crippen LogP contribution is 2.29. The third-order valence-corrected chi connectivity index (χ3v) is 4.43. The van der Waals surface area contributed by atoms with Crippen molar-refractivity contribution in [2.24, 2.45) is 5.92 Å². The Labute approximate surface area is 128 Å². The van der Waals surface area contributed by atoms with Crippen molar-refractivity contribution in [1.82, 2.24) is 15.2 Å². The van der Waals surface area contributed by atoms with Crippen LogP contribution >= 0.6 is 11.3 Å². The van der Waals surface area contributed by atoms with E-state index in [4.69, 9.17) is 4.74 Å². The lowest BCUT2D eigenvalue weighted by molar-refractivity contribution is 0.115. The number of anilines is 1. The molecule has 0 radical (unpaired) electrons. The highest BCUT2D eigenvalue weighted by Gasteiger charge is 2.21. The van der Waals surface area contributed by atoms with Crippen LogP contribution < -0.4 is 5.32 Å². The normalized spacial score (nSPS) is 15.9. The van der Waals surface area contributed by atoms with Gasteiger partial charge in [0.1, 0.15) is 0 Å². The summed E-state index contributed by atoms with van der Waals surface area (Å²) < 4.78 is 5.76. The molecule has 0 amide bonds. The van der Waals surface area contributed by atoms with Crippen LogP contribution in [0.25, 0.3) is 10.6 Å². The van der Waals surface area contributed by atoms with E-state index in [-0.39, 0.29) is 0 Å². The molecule has 21 heavy (non-hydrogen) atoms. The van der Waals surface area contributed by atoms with Crippen molar-refractivity contribution >= 4 is 16.5 Å². The molecule has 1 saturated carbocycles. The monoisotopic (exact) mass is 304 g/mol. The molecule has 6 heteroatoms. The fourth-order valence-electron chi connectivity index (χ4n) is 1.99. The number of ether oxygens (including phenoxy) is 1. The molecule has 0 spiro atoms. The van der Waals surface area contributed by atoms with Crippen molar-refractivity contribution in [2.45, 2.75) is 32.2 Å². The molecule has 2 aromatic heterocycles. The predicted molar refractivity (Wildman–Crippen MR) is 84.4 cm³/mol. The summed E-state index contributed by atoms with van der Waals surface area (Å²) in [6.07, 6.45) is 7.23. The third-order valence-electron chi connectivity index (χ3n) is 3.52. The van der Waals surface area contributed by atoms with Crippen LogP contribution in [0.2, 0.25) is 0 Å². The minimum Gasteiger partial charge on any atom is -0.379 e. The molecule has 1 unspecified atom stereocenters. The molecule has 0 bridgehead atoms. The lowest BCUT2D eigenvalue weighted by Crippen LogP contribution is -2.25. The summed E-state index contributed by atoms with van der Waals surface area (Å²) in [6, 6.07) is 4.19. The molecule has 2 heterocycles. The van der Waals surface area contributed by atoms with E-state index in [1.54, 1.807) is 23.7 Å². The first-order chi connectivity index (χ1) is 10.3. The van der Waals surface area contributed by atoms with Crippen molar-refractivity contribution in [2.75, 3.05) is 18.5 Å². The fourth-order valence-corrected chi connectivity index (χ4v) is 2.80. The maximum absolute atomic E-state index is 5.76. The minimum atomic E-state index is 0.290. The summed E-state index contributed by atoms with van der Waals surface area (Å²) >= 11 is 1.55. The van der Waals surface area contributed by atoms with Crippen LogP contribution in [0.15, 0.2) is 24.5 Å². The quantitative estimate of drug-likeness (QED) is 0.811. The number of pyridine rings is 1. The summed E-state index contributed by atoms with van der Waals surface area (Å²) in [7, 11) is 0. The van der Waals surface area contributed by atoms with Crippen LogP contribution in [0, 0.1) is 5.92 Å². The molecule has 1 aliphatic rings. The first kappa shape index (κ1) is 14.4. The molecule has 2 aromatic rings. The second kappa shape index (κ2) is 6.95. The Kier molecular flexibility index (Phi) is 4.77.